The summed E-state index contributed by atoms with van der Waals surface area (Å²) in [6.45, 7) is 8.09. The number of hydrogen-bond donors (Lipinski definition) is 0. The average Bonchev–Trinajstić information content (AvgIpc) is 2.30. The van der Waals surface area contributed by atoms with Gasteiger partial charge in [0.25, 0.3) is 0 Å². The Morgan fingerprint density at radius 3 is 2.00 bits per heavy atom. The van der Waals surface area contributed by atoms with Crippen LogP contribution in [0.25, 0.3) is 0 Å². The SMILES string of the molecule is CCC(CC)C(=O)c1cc(C)c(OC)c(C)c1. The topological polar surface area (TPSA) is 26.3 Å². The first kappa shape index (κ1) is 13.8. The zero-order valence-corrected chi connectivity index (χ0v) is 11.5. The average molecular weight is 234 g/mol. The van der Waals surface area contributed by atoms with Crippen LogP contribution in [0.5, 0.6) is 5.75 Å². The number of benzene rings is 1. The molecule has 1 aromatic rings. The van der Waals surface area contributed by atoms with E-state index in [-0.39, 0.29) is 11.7 Å². The summed E-state index contributed by atoms with van der Waals surface area (Å²) in [4.78, 5) is 12.3. The Morgan fingerprint density at radius 1 is 1.18 bits per heavy atom. The summed E-state index contributed by atoms with van der Waals surface area (Å²) in [5.74, 6) is 1.28. The van der Waals surface area contributed by atoms with E-state index in [2.05, 4.69) is 13.8 Å². The highest BCUT2D eigenvalue weighted by Gasteiger charge is 2.18. The molecule has 0 aromatic heterocycles. The van der Waals surface area contributed by atoms with E-state index < -0.39 is 0 Å². The van der Waals surface area contributed by atoms with Gasteiger partial charge in [0.15, 0.2) is 5.78 Å². The number of rotatable bonds is 5. The summed E-state index contributed by atoms with van der Waals surface area (Å²) in [6, 6.07) is 3.87. The quantitative estimate of drug-likeness (QED) is 0.721. The second kappa shape index (κ2) is 5.85. The lowest BCUT2D eigenvalue weighted by molar-refractivity contribution is 0.0913. The van der Waals surface area contributed by atoms with E-state index in [1.165, 1.54) is 0 Å². The van der Waals surface area contributed by atoms with E-state index in [0.717, 1.165) is 35.3 Å². The number of Topliss-reactive ketones (excluding diaryl/α,β-unsaturated/α-hetero) is 1. The predicted octanol–water partition coefficient (Wildman–Crippen LogP) is 3.93. The molecule has 0 saturated heterocycles. The van der Waals surface area contributed by atoms with Crippen LogP contribution in [0.3, 0.4) is 0 Å². The number of carbonyl (C=O) groups excluding carboxylic acids is 1. The van der Waals surface area contributed by atoms with Crippen molar-refractivity contribution in [3.63, 3.8) is 0 Å². The highest BCUT2D eigenvalue weighted by atomic mass is 16.5. The summed E-state index contributed by atoms with van der Waals surface area (Å²) in [6.07, 6.45) is 1.80. The molecule has 17 heavy (non-hydrogen) atoms. The third kappa shape index (κ3) is 2.87. The molecule has 0 radical (unpaired) electrons. The van der Waals surface area contributed by atoms with Gasteiger partial charge < -0.3 is 4.74 Å². The molecule has 0 aliphatic rings. The van der Waals surface area contributed by atoms with Gasteiger partial charge in [0.1, 0.15) is 5.75 Å². The summed E-state index contributed by atoms with van der Waals surface area (Å²) in [5.41, 5.74) is 2.87. The van der Waals surface area contributed by atoms with Gasteiger partial charge in [0.2, 0.25) is 0 Å². The lowest BCUT2D eigenvalue weighted by Crippen LogP contribution is -2.13. The van der Waals surface area contributed by atoms with Crippen molar-refractivity contribution in [2.45, 2.75) is 40.5 Å². The minimum atomic E-state index is 0.141. The van der Waals surface area contributed by atoms with E-state index >= 15 is 0 Å². The van der Waals surface area contributed by atoms with Crippen LogP contribution in [-0.2, 0) is 0 Å². The van der Waals surface area contributed by atoms with Crippen LogP contribution in [0.4, 0.5) is 0 Å². The molecule has 0 atom stereocenters. The molecular weight excluding hydrogens is 212 g/mol. The fourth-order valence-electron chi connectivity index (χ4n) is 2.31. The number of aryl methyl sites for hydroxylation is 2. The molecule has 2 heteroatoms. The number of methoxy groups -OCH3 is 1. The van der Waals surface area contributed by atoms with Gasteiger partial charge in [-0.25, -0.2) is 0 Å². The largest absolute Gasteiger partial charge is 0.496 e. The zero-order chi connectivity index (χ0) is 13.0. The first-order chi connectivity index (χ1) is 8.04. The van der Waals surface area contributed by atoms with E-state index in [1.807, 2.05) is 26.0 Å². The van der Waals surface area contributed by atoms with Gasteiger partial charge in [-0.2, -0.15) is 0 Å². The van der Waals surface area contributed by atoms with Crippen LogP contribution in [0.1, 0.15) is 48.2 Å². The normalized spacial score (nSPS) is 10.7. The molecule has 0 fully saturated rings. The maximum Gasteiger partial charge on any atom is 0.165 e. The van der Waals surface area contributed by atoms with Gasteiger partial charge in [0, 0.05) is 11.5 Å². The molecule has 0 heterocycles. The van der Waals surface area contributed by atoms with Crippen molar-refractivity contribution in [3.8, 4) is 5.75 Å². The first-order valence-corrected chi connectivity index (χ1v) is 6.24. The van der Waals surface area contributed by atoms with Gasteiger partial charge in [-0.15, -0.1) is 0 Å². The fourth-order valence-corrected chi connectivity index (χ4v) is 2.31. The number of carbonyl (C=O) groups is 1. The number of hydrogen-bond acceptors (Lipinski definition) is 2. The third-order valence-corrected chi connectivity index (χ3v) is 3.31. The predicted molar refractivity (Wildman–Crippen MR) is 70.9 cm³/mol. The molecule has 0 aliphatic heterocycles. The lowest BCUT2D eigenvalue weighted by Gasteiger charge is -2.14. The van der Waals surface area contributed by atoms with Crippen LogP contribution >= 0.6 is 0 Å². The van der Waals surface area contributed by atoms with Crippen molar-refractivity contribution >= 4 is 5.78 Å². The molecular formula is C15H22O2. The Bertz CT molecular complexity index is 380. The second-order valence-electron chi connectivity index (χ2n) is 4.52. The fraction of sp³-hybridized carbons (Fsp3) is 0.533. The van der Waals surface area contributed by atoms with Crippen molar-refractivity contribution in [1.82, 2.24) is 0 Å². The molecule has 1 rings (SSSR count). The Morgan fingerprint density at radius 2 is 1.65 bits per heavy atom. The summed E-state index contributed by atoms with van der Waals surface area (Å²) >= 11 is 0. The van der Waals surface area contributed by atoms with Gasteiger partial charge in [0.05, 0.1) is 7.11 Å². The molecule has 94 valence electrons. The Labute approximate surface area is 104 Å². The number of ether oxygens (including phenoxy) is 1. The highest BCUT2D eigenvalue weighted by Crippen LogP contribution is 2.26. The molecule has 0 spiro atoms. The highest BCUT2D eigenvalue weighted by molar-refractivity contribution is 5.98. The monoisotopic (exact) mass is 234 g/mol. The molecule has 0 N–H and O–H groups in total. The van der Waals surface area contributed by atoms with Crippen LogP contribution in [0.15, 0.2) is 12.1 Å². The molecule has 0 bridgehead atoms. The zero-order valence-electron chi connectivity index (χ0n) is 11.5. The Balaban J connectivity index is 3.12. The minimum absolute atomic E-state index is 0.141. The van der Waals surface area contributed by atoms with Crippen molar-refractivity contribution in [1.29, 1.82) is 0 Å². The summed E-state index contributed by atoms with van der Waals surface area (Å²) in [7, 11) is 1.66. The van der Waals surface area contributed by atoms with Crippen LogP contribution in [0, 0.1) is 19.8 Å². The Kier molecular flexibility index (Phi) is 4.73. The lowest BCUT2D eigenvalue weighted by atomic mass is 9.91. The van der Waals surface area contributed by atoms with E-state index in [4.69, 9.17) is 4.74 Å². The van der Waals surface area contributed by atoms with Crippen LogP contribution in [0.2, 0.25) is 0 Å². The standard InChI is InChI=1S/C15H22O2/c1-6-12(7-2)14(16)13-8-10(3)15(17-5)11(4)9-13/h8-9,12H,6-7H2,1-5H3. The molecule has 0 unspecified atom stereocenters. The van der Waals surface area contributed by atoms with Crippen LogP contribution in [-0.4, -0.2) is 12.9 Å². The van der Waals surface area contributed by atoms with Crippen molar-refractivity contribution in [2.24, 2.45) is 5.92 Å². The van der Waals surface area contributed by atoms with Gasteiger partial charge in [-0.3, -0.25) is 4.79 Å². The maximum atomic E-state index is 12.3. The smallest absolute Gasteiger partial charge is 0.165 e. The van der Waals surface area contributed by atoms with Gasteiger partial charge >= 0.3 is 0 Å². The molecule has 0 saturated carbocycles. The summed E-state index contributed by atoms with van der Waals surface area (Å²) < 4.78 is 5.31. The van der Waals surface area contributed by atoms with Crippen molar-refractivity contribution in [2.75, 3.05) is 7.11 Å². The molecule has 2 nitrogen and oxygen atoms in total. The van der Waals surface area contributed by atoms with E-state index in [0.29, 0.717) is 0 Å². The number of ketones is 1. The minimum Gasteiger partial charge on any atom is -0.496 e. The Hall–Kier alpha value is -1.31. The van der Waals surface area contributed by atoms with Gasteiger partial charge in [-0.05, 0) is 49.9 Å². The molecule has 0 amide bonds. The molecule has 0 aliphatic carbocycles. The maximum absolute atomic E-state index is 12.3. The van der Waals surface area contributed by atoms with E-state index in [1.54, 1.807) is 7.11 Å². The first-order valence-electron chi connectivity index (χ1n) is 6.24. The van der Waals surface area contributed by atoms with Gasteiger partial charge in [-0.1, -0.05) is 13.8 Å². The molecule has 1 aromatic carbocycles. The van der Waals surface area contributed by atoms with Crippen molar-refractivity contribution in [3.05, 3.63) is 28.8 Å². The van der Waals surface area contributed by atoms with Crippen LogP contribution < -0.4 is 4.74 Å². The van der Waals surface area contributed by atoms with Crippen molar-refractivity contribution < 1.29 is 9.53 Å². The second-order valence-corrected chi connectivity index (χ2v) is 4.52. The third-order valence-electron chi connectivity index (χ3n) is 3.31. The van der Waals surface area contributed by atoms with E-state index in [9.17, 15) is 4.79 Å². The summed E-state index contributed by atoms with van der Waals surface area (Å²) in [5, 5.41) is 0.